The molecule has 0 aliphatic carbocycles. The van der Waals surface area contributed by atoms with Gasteiger partial charge in [0, 0.05) is 0 Å². The predicted molar refractivity (Wildman–Crippen MR) is 59.9 cm³/mol. The van der Waals surface area contributed by atoms with Gasteiger partial charge in [-0.25, -0.2) is 0 Å². The van der Waals surface area contributed by atoms with Crippen molar-refractivity contribution in [1.29, 1.82) is 0 Å². The number of carbonyl (C=O) groups excluding carboxylic acids is 1. The minimum Gasteiger partial charge on any atom is -0.391 e. The van der Waals surface area contributed by atoms with Crippen LogP contribution in [-0.4, -0.2) is 65.8 Å². The number of carbonyl (C=O) groups is 1. The summed E-state index contributed by atoms with van der Waals surface area (Å²) in [6.07, 6.45) is 0.297. The zero-order chi connectivity index (χ0) is 12.7. The third-order valence-corrected chi connectivity index (χ3v) is 2.73. The fourth-order valence-corrected chi connectivity index (χ4v) is 1.92. The van der Waals surface area contributed by atoms with Gasteiger partial charge in [0.2, 0.25) is 5.96 Å². The second kappa shape index (κ2) is 4.12. The van der Waals surface area contributed by atoms with Gasteiger partial charge >= 0.3 is 0 Å². The molecule has 1 unspecified atom stereocenters. The highest BCUT2D eigenvalue weighted by Crippen LogP contribution is 2.21. The van der Waals surface area contributed by atoms with E-state index in [1.807, 2.05) is 0 Å². The Morgan fingerprint density at radius 2 is 2.39 bits per heavy atom. The van der Waals surface area contributed by atoms with Crippen molar-refractivity contribution in [3.63, 3.8) is 0 Å². The minimum absolute atomic E-state index is 0.0978. The number of aliphatic imine (C=N–C) groups is 3. The highest BCUT2D eigenvalue weighted by molar-refractivity contribution is 6.21. The summed E-state index contributed by atoms with van der Waals surface area (Å²) in [5.74, 6) is -0.173. The normalized spacial score (nSPS) is 34.6. The molecular weight excluding hydrogens is 242 g/mol. The van der Waals surface area contributed by atoms with E-state index in [9.17, 15) is 4.79 Å². The van der Waals surface area contributed by atoms with E-state index in [0.717, 1.165) is 0 Å². The number of fused-ring (bicyclic) bond motifs is 1. The Balaban J connectivity index is 1.81. The van der Waals surface area contributed by atoms with E-state index in [0.29, 0.717) is 5.84 Å². The molecule has 0 bridgehead atoms. The topological polar surface area (TPSA) is 122 Å². The number of nitrogens with zero attached hydrogens (tertiary/aromatic N) is 4. The number of aliphatic hydroxyl groups excluding tert-OH is 1. The largest absolute Gasteiger partial charge is 0.391 e. The van der Waals surface area contributed by atoms with Crippen molar-refractivity contribution in [2.75, 3.05) is 13.2 Å². The molecule has 0 aromatic carbocycles. The van der Waals surface area contributed by atoms with Crippen molar-refractivity contribution in [3.05, 3.63) is 0 Å². The van der Waals surface area contributed by atoms with Crippen LogP contribution in [0.2, 0.25) is 0 Å². The predicted octanol–water partition coefficient (Wildman–Crippen LogP) is -2.36. The van der Waals surface area contributed by atoms with E-state index in [2.05, 4.69) is 15.0 Å². The summed E-state index contributed by atoms with van der Waals surface area (Å²) in [5.41, 5.74) is 5.44. The summed E-state index contributed by atoms with van der Waals surface area (Å²) >= 11 is 0. The Kier molecular flexibility index (Phi) is 2.58. The van der Waals surface area contributed by atoms with Crippen molar-refractivity contribution >= 4 is 24.0 Å². The van der Waals surface area contributed by atoms with Crippen LogP contribution in [0.4, 0.5) is 0 Å². The smallest absolute Gasteiger partial charge is 0.281 e. The lowest BCUT2D eigenvalue weighted by Crippen LogP contribution is -2.45. The summed E-state index contributed by atoms with van der Waals surface area (Å²) in [4.78, 5) is 24.7. The van der Waals surface area contributed by atoms with Crippen LogP contribution in [0.15, 0.2) is 15.0 Å². The lowest BCUT2D eigenvalue weighted by Gasteiger charge is -2.24. The first kappa shape index (κ1) is 11.3. The van der Waals surface area contributed by atoms with Crippen LogP contribution in [0.3, 0.4) is 0 Å². The number of hydrogen-bond acceptors (Lipinski definition) is 8. The molecule has 3 aliphatic heterocycles. The Morgan fingerprint density at radius 3 is 3.11 bits per heavy atom. The van der Waals surface area contributed by atoms with Gasteiger partial charge in [0.25, 0.3) is 5.91 Å². The molecule has 0 aromatic heterocycles. The maximum atomic E-state index is 11.6. The van der Waals surface area contributed by atoms with Crippen LogP contribution >= 0.6 is 0 Å². The Hall–Kier alpha value is -1.84. The van der Waals surface area contributed by atoms with E-state index in [1.165, 1.54) is 6.34 Å². The number of hydrogen-bond donors (Lipinski definition) is 2. The average Bonchev–Trinajstić information content (AvgIpc) is 2.93. The van der Waals surface area contributed by atoms with Gasteiger partial charge in [-0.15, -0.1) is 0 Å². The third-order valence-electron chi connectivity index (χ3n) is 2.73. The maximum Gasteiger partial charge on any atom is 0.281 e. The van der Waals surface area contributed by atoms with E-state index in [4.69, 9.17) is 20.3 Å². The van der Waals surface area contributed by atoms with Gasteiger partial charge in [-0.1, -0.05) is 0 Å². The Morgan fingerprint density at radius 1 is 1.56 bits per heavy atom. The van der Waals surface area contributed by atoms with Crippen LogP contribution in [0, 0.1) is 0 Å². The van der Waals surface area contributed by atoms with Crippen LogP contribution < -0.4 is 5.73 Å². The van der Waals surface area contributed by atoms with Crippen molar-refractivity contribution in [2.24, 2.45) is 20.7 Å². The summed E-state index contributed by atoms with van der Waals surface area (Å²) < 4.78 is 10.6. The number of ether oxygens (including phenoxy) is 2. The van der Waals surface area contributed by atoms with E-state index >= 15 is 0 Å². The van der Waals surface area contributed by atoms with Gasteiger partial charge in [-0.3, -0.25) is 14.7 Å². The number of nitrogens with two attached hydrogens (primary N) is 1. The quantitative estimate of drug-likeness (QED) is 0.567. The molecule has 1 saturated heterocycles. The number of amides is 1. The third kappa shape index (κ3) is 1.68. The van der Waals surface area contributed by atoms with Crippen LogP contribution in [0.25, 0.3) is 0 Å². The van der Waals surface area contributed by atoms with Crippen molar-refractivity contribution in [2.45, 2.75) is 18.6 Å². The van der Waals surface area contributed by atoms with Gasteiger partial charge < -0.3 is 20.3 Å². The fourth-order valence-electron chi connectivity index (χ4n) is 1.92. The monoisotopic (exact) mass is 253 g/mol. The van der Waals surface area contributed by atoms with Crippen molar-refractivity contribution in [1.82, 2.24) is 4.90 Å². The standard InChI is InChI=1S/C9H11N5O4/c10-9-12-7-6(8(16)13-9)11-3-14(7)4-2-17-5(1-15)18-4/h3-6,15H,1-2H2,(H2,10,13,16)/t4-,5-,6?/m1/s1. The lowest BCUT2D eigenvalue weighted by molar-refractivity contribution is -0.117. The second-order valence-electron chi connectivity index (χ2n) is 3.89. The zero-order valence-corrected chi connectivity index (χ0v) is 9.26. The number of guanidine groups is 1. The molecule has 9 nitrogen and oxygen atoms in total. The fraction of sp³-hybridized carbons (Fsp3) is 0.556. The van der Waals surface area contributed by atoms with Gasteiger partial charge in [0.05, 0.1) is 19.6 Å². The van der Waals surface area contributed by atoms with Crippen molar-refractivity contribution < 1.29 is 19.4 Å². The molecule has 96 valence electrons. The Bertz CT molecular complexity index is 474. The zero-order valence-electron chi connectivity index (χ0n) is 9.26. The number of aliphatic hydroxyl groups is 1. The molecule has 1 amide bonds. The first-order valence-electron chi connectivity index (χ1n) is 5.35. The average molecular weight is 253 g/mol. The van der Waals surface area contributed by atoms with Crippen molar-refractivity contribution in [3.8, 4) is 0 Å². The highest BCUT2D eigenvalue weighted by Gasteiger charge is 2.41. The summed E-state index contributed by atoms with van der Waals surface area (Å²) in [6.45, 7) is 0.00808. The first-order chi connectivity index (χ1) is 8.69. The summed E-state index contributed by atoms with van der Waals surface area (Å²) in [5, 5.41) is 8.92. The van der Waals surface area contributed by atoms with Crippen LogP contribution in [-0.2, 0) is 14.3 Å². The molecule has 3 heterocycles. The molecule has 1 fully saturated rings. The van der Waals surface area contributed by atoms with Gasteiger partial charge in [0.15, 0.2) is 24.4 Å². The number of amidine groups is 1. The van der Waals surface area contributed by atoms with Crippen LogP contribution in [0.1, 0.15) is 0 Å². The van der Waals surface area contributed by atoms with Crippen LogP contribution in [0.5, 0.6) is 0 Å². The SMILES string of the molecule is NC1=NC(=O)C2N=CN([C@H]3CO[C@@H](CO)O3)C2=N1. The molecule has 3 rings (SSSR count). The van der Waals surface area contributed by atoms with E-state index in [-0.39, 0.29) is 19.2 Å². The Labute approximate surface area is 102 Å². The summed E-state index contributed by atoms with van der Waals surface area (Å²) in [7, 11) is 0. The van der Waals surface area contributed by atoms with E-state index < -0.39 is 24.5 Å². The molecule has 0 saturated carbocycles. The molecule has 3 atom stereocenters. The molecule has 0 spiro atoms. The molecule has 0 radical (unpaired) electrons. The lowest BCUT2D eigenvalue weighted by atomic mass is 10.2. The molecule has 9 heteroatoms. The minimum atomic E-state index is -0.755. The first-order valence-corrected chi connectivity index (χ1v) is 5.35. The molecule has 3 aliphatic rings. The van der Waals surface area contributed by atoms with E-state index in [1.54, 1.807) is 4.90 Å². The molecule has 0 aromatic rings. The second-order valence-corrected chi connectivity index (χ2v) is 3.89. The maximum absolute atomic E-state index is 11.6. The highest BCUT2D eigenvalue weighted by atomic mass is 16.7. The summed E-state index contributed by atoms with van der Waals surface area (Å²) in [6, 6.07) is -0.755. The molecule has 18 heavy (non-hydrogen) atoms. The van der Waals surface area contributed by atoms with Gasteiger partial charge in [0.1, 0.15) is 0 Å². The molecular formula is C9H11N5O4. The van der Waals surface area contributed by atoms with Gasteiger partial charge in [-0.05, 0) is 0 Å². The molecule has 3 N–H and O–H groups in total. The van der Waals surface area contributed by atoms with Gasteiger partial charge in [-0.2, -0.15) is 9.98 Å². The number of rotatable bonds is 2.